The minimum Gasteiger partial charge on any atom is -0.135 e. The number of fused-ring (bicyclic) bond motifs is 12. The van der Waals surface area contributed by atoms with E-state index in [1.165, 1.54) is 117 Å². The van der Waals surface area contributed by atoms with Gasteiger partial charge in [0.2, 0.25) is 0 Å². The summed E-state index contributed by atoms with van der Waals surface area (Å²) in [6, 6.07) is 67.8. The zero-order chi connectivity index (χ0) is 35.3. The third kappa shape index (κ3) is 4.42. The standard InChI is InChI=1S/C52H30S2/c1-2-10-31(11-3-1)49-38-13-4-6-15-40(38)50(41-16-7-5-14-39(41)49)36-21-20-32-28-33(18-19-34(32)29-36)35-22-27-48-46(30-35)45-26-25-43-44(52(45)54-48)24-23-42-37-12-8-9-17-47(37)53-51(42)43/h1-30H. The normalized spacial score (nSPS) is 12.1. The molecule has 2 aromatic heterocycles. The highest BCUT2D eigenvalue weighted by molar-refractivity contribution is 7.28. The molecular formula is C52H30S2. The van der Waals surface area contributed by atoms with E-state index in [2.05, 4.69) is 182 Å². The first-order chi connectivity index (χ1) is 26.8. The van der Waals surface area contributed by atoms with E-state index in [9.17, 15) is 0 Å². The second kappa shape index (κ2) is 11.6. The van der Waals surface area contributed by atoms with Crippen LogP contribution in [-0.2, 0) is 0 Å². The van der Waals surface area contributed by atoms with Gasteiger partial charge in [0.05, 0.1) is 0 Å². The summed E-state index contributed by atoms with van der Waals surface area (Å²) < 4.78 is 5.45. The molecule has 0 aliphatic carbocycles. The van der Waals surface area contributed by atoms with Gasteiger partial charge in [0.1, 0.15) is 0 Å². The van der Waals surface area contributed by atoms with E-state index in [-0.39, 0.29) is 0 Å². The molecule has 2 heterocycles. The second-order valence-electron chi connectivity index (χ2n) is 14.4. The summed E-state index contributed by atoms with van der Waals surface area (Å²) in [5.74, 6) is 0. The lowest BCUT2D eigenvalue weighted by Crippen LogP contribution is -1.90. The van der Waals surface area contributed by atoms with Crippen LogP contribution in [0.15, 0.2) is 182 Å². The fourth-order valence-electron chi connectivity index (χ4n) is 8.94. The van der Waals surface area contributed by atoms with Crippen LogP contribution >= 0.6 is 22.7 Å². The Morgan fingerprint density at radius 1 is 0.241 bits per heavy atom. The van der Waals surface area contributed by atoms with E-state index in [1.54, 1.807) is 0 Å². The molecule has 54 heavy (non-hydrogen) atoms. The van der Waals surface area contributed by atoms with Gasteiger partial charge in [-0.2, -0.15) is 0 Å². The van der Waals surface area contributed by atoms with Gasteiger partial charge in [0, 0.05) is 51.1 Å². The Hall–Kier alpha value is -6.32. The van der Waals surface area contributed by atoms with Crippen molar-refractivity contribution < 1.29 is 0 Å². The molecule has 0 bridgehead atoms. The van der Waals surface area contributed by atoms with Crippen LogP contribution in [0.5, 0.6) is 0 Å². The minimum absolute atomic E-state index is 1.24. The van der Waals surface area contributed by atoms with Gasteiger partial charge in [-0.25, -0.2) is 0 Å². The first-order valence-electron chi connectivity index (χ1n) is 18.5. The lowest BCUT2D eigenvalue weighted by atomic mass is 9.85. The Morgan fingerprint density at radius 3 is 1.30 bits per heavy atom. The van der Waals surface area contributed by atoms with E-state index in [4.69, 9.17) is 0 Å². The molecule has 12 aromatic rings. The molecule has 0 saturated carbocycles. The molecule has 12 rings (SSSR count). The van der Waals surface area contributed by atoms with Gasteiger partial charge in [-0.3, -0.25) is 0 Å². The number of hydrogen-bond donors (Lipinski definition) is 0. The molecule has 2 heteroatoms. The summed E-state index contributed by atoms with van der Waals surface area (Å²) in [5, 5.41) is 15.7. The summed E-state index contributed by atoms with van der Waals surface area (Å²) in [4.78, 5) is 0. The Morgan fingerprint density at radius 2 is 0.667 bits per heavy atom. The van der Waals surface area contributed by atoms with Crippen molar-refractivity contribution in [1.29, 1.82) is 0 Å². The topological polar surface area (TPSA) is 0 Å². The lowest BCUT2D eigenvalue weighted by Gasteiger charge is -2.18. The second-order valence-corrected chi connectivity index (χ2v) is 16.5. The van der Waals surface area contributed by atoms with Crippen molar-refractivity contribution in [1.82, 2.24) is 0 Å². The molecule has 0 fully saturated rings. The lowest BCUT2D eigenvalue weighted by molar-refractivity contribution is 1.66. The van der Waals surface area contributed by atoms with E-state index < -0.39 is 0 Å². The summed E-state index contributed by atoms with van der Waals surface area (Å²) in [6.07, 6.45) is 0. The quantitative estimate of drug-likeness (QED) is 0.160. The van der Waals surface area contributed by atoms with Gasteiger partial charge >= 0.3 is 0 Å². The number of thiophene rings is 2. The first kappa shape index (κ1) is 30.2. The average Bonchev–Trinajstić information content (AvgIpc) is 3.81. The number of benzene rings is 10. The predicted octanol–water partition coefficient (Wildman–Crippen LogP) is 16.0. The van der Waals surface area contributed by atoms with Crippen molar-refractivity contribution in [2.75, 3.05) is 0 Å². The van der Waals surface area contributed by atoms with Crippen LogP contribution in [0, 0.1) is 0 Å². The molecule has 0 saturated heterocycles. The summed E-state index contributed by atoms with van der Waals surface area (Å²) in [5.41, 5.74) is 7.58. The molecule has 0 unspecified atom stereocenters. The SMILES string of the molecule is c1ccc(-c2c3ccccc3c(-c3ccc4cc(-c5ccc6sc7c(ccc8c7ccc7c9ccccc9sc78)c6c5)ccc4c3)c3ccccc23)cc1. The van der Waals surface area contributed by atoms with Crippen LogP contribution in [0.1, 0.15) is 0 Å². The van der Waals surface area contributed by atoms with Crippen LogP contribution in [0.4, 0.5) is 0 Å². The van der Waals surface area contributed by atoms with Crippen molar-refractivity contribution in [2.24, 2.45) is 0 Å². The summed E-state index contributed by atoms with van der Waals surface area (Å²) in [6.45, 7) is 0. The maximum Gasteiger partial charge on any atom is 0.0434 e. The van der Waals surface area contributed by atoms with Crippen molar-refractivity contribution in [3.05, 3.63) is 182 Å². The van der Waals surface area contributed by atoms with Crippen LogP contribution in [0.3, 0.4) is 0 Å². The number of hydrogen-bond acceptors (Lipinski definition) is 2. The molecule has 0 aliphatic rings. The maximum atomic E-state index is 2.40. The summed E-state index contributed by atoms with van der Waals surface area (Å²) in [7, 11) is 0. The van der Waals surface area contributed by atoms with Crippen LogP contribution in [0.2, 0.25) is 0 Å². The van der Waals surface area contributed by atoms with Gasteiger partial charge in [0.25, 0.3) is 0 Å². The number of rotatable bonds is 3. The van der Waals surface area contributed by atoms with Crippen molar-refractivity contribution in [3.8, 4) is 33.4 Å². The largest absolute Gasteiger partial charge is 0.135 e. The highest BCUT2D eigenvalue weighted by Crippen LogP contribution is 2.46. The fourth-order valence-corrected chi connectivity index (χ4v) is 11.4. The molecule has 10 aromatic carbocycles. The molecule has 0 radical (unpaired) electrons. The fraction of sp³-hybridized carbons (Fsp3) is 0. The first-order valence-corrected chi connectivity index (χ1v) is 20.1. The monoisotopic (exact) mass is 718 g/mol. The smallest absolute Gasteiger partial charge is 0.0434 e. The van der Waals surface area contributed by atoms with Crippen molar-refractivity contribution >= 4 is 106 Å². The molecule has 0 amide bonds. The zero-order valence-electron chi connectivity index (χ0n) is 29.1. The molecular weight excluding hydrogens is 689 g/mol. The van der Waals surface area contributed by atoms with E-state index in [1.807, 2.05) is 22.7 Å². The Balaban J connectivity index is 0.975. The van der Waals surface area contributed by atoms with Gasteiger partial charge in [-0.15, -0.1) is 22.7 Å². The van der Waals surface area contributed by atoms with E-state index in [0.29, 0.717) is 0 Å². The van der Waals surface area contributed by atoms with Crippen LogP contribution < -0.4 is 0 Å². The van der Waals surface area contributed by atoms with Crippen molar-refractivity contribution in [2.45, 2.75) is 0 Å². The third-order valence-electron chi connectivity index (χ3n) is 11.4. The van der Waals surface area contributed by atoms with Crippen LogP contribution in [-0.4, -0.2) is 0 Å². The average molecular weight is 719 g/mol. The molecule has 0 spiro atoms. The minimum atomic E-state index is 1.24. The molecule has 0 N–H and O–H groups in total. The van der Waals surface area contributed by atoms with E-state index in [0.717, 1.165) is 0 Å². The van der Waals surface area contributed by atoms with E-state index >= 15 is 0 Å². The Kier molecular flexibility index (Phi) is 6.48. The highest BCUT2D eigenvalue weighted by Gasteiger charge is 2.17. The van der Waals surface area contributed by atoms with Gasteiger partial charge in [-0.1, -0.05) is 152 Å². The zero-order valence-corrected chi connectivity index (χ0v) is 30.8. The van der Waals surface area contributed by atoms with Gasteiger partial charge in [0.15, 0.2) is 0 Å². The Labute approximate surface area is 319 Å². The molecule has 0 atom stereocenters. The van der Waals surface area contributed by atoms with Gasteiger partial charge < -0.3 is 0 Å². The molecule has 0 aliphatic heterocycles. The predicted molar refractivity (Wildman–Crippen MR) is 239 cm³/mol. The molecule has 0 nitrogen and oxygen atoms in total. The van der Waals surface area contributed by atoms with Crippen LogP contribution in [0.25, 0.3) is 117 Å². The van der Waals surface area contributed by atoms with Crippen molar-refractivity contribution in [3.63, 3.8) is 0 Å². The third-order valence-corrected chi connectivity index (χ3v) is 13.9. The molecule has 250 valence electrons. The summed E-state index contributed by atoms with van der Waals surface area (Å²) >= 11 is 3.83. The maximum absolute atomic E-state index is 2.40. The Bertz CT molecular complexity index is 3430. The highest BCUT2D eigenvalue weighted by atomic mass is 32.1. The van der Waals surface area contributed by atoms with Gasteiger partial charge in [-0.05, 0) is 96.0 Å².